The van der Waals surface area contributed by atoms with Crippen molar-refractivity contribution >= 4 is 5.97 Å². The average molecular weight is 745 g/mol. The number of hydrogen-bond donors (Lipinski definition) is 0. The van der Waals surface area contributed by atoms with Gasteiger partial charge >= 0.3 is 5.97 Å². The van der Waals surface area contributed by atoms with Gasteiger partial charge in [0.2, 0.25) is 0 Å². The standard InChI is InChI=1S/C51H100O2/c1-3-5-7-9-11-13-15-16-17-18-19-20-21-22-23-24-25-26-27-28-29-30-31-32-33-34-35-36-37-38-40-42-44-46-48-50-53-51(52)49-47-45-43-41-39-14-12-10-8-6-4-2/h10,12H,3-9,11,13-50H2,1-2H3/b12-10-. The third kappa shape index (κ3) is 49.2. The maximum Gasteiger partial charge on any atom is 0.305 e. The Hall–Kier alpha value is -0.790. The third-order valence-electron chi connectivity index (χ3n) is 11.7. The van der Waals surface area contributed by atoms with Gasteiger partial charge in [0, 0.05) is 6.42 Å². The van der Waals surface area contributed by atoms with E-state index in [1.165, 1.54) is 263 Å². The van der Waals surface area contributed by atoms with Crippen LogP contribution in [0.2, 0.25) is 0 Å². The lowest BCUT2D eigenvalue weighted by Crippen LogP contribution is -2.05. The fourth-order valence-electron chi connectivity index (χ4n) is 7.89. The molecule has 0 unspecified atom stereocenters. The van der Waals surface area contributed by atoms with Gasteiger partial charge in [0.25, 0.3) is 0 Å². The number of carbonyl (C=O) groups excluding carboxylic acids is 1. The first-order valence-corrected chi connectivity index (χ1v) is 25.1. The van der Waals surface area contributed by atoms with Crippen molar-refractivity contribution in [3.8, 4) is 0 Å². The van der Waals surface area contributed by atoms with E-state index in [2.05, 4.69) is 26.0 Å². The summed E-state index contributed by atoms with van der Waals surface area (Å²) in [5.74, 6) is 0.0185. The van der Waals surface area contributed by atoms with Crippen LogP contribution in [0.3, 0.4) is 0 Å². The summed E-state index contributed by atoms with van der Waals surface area (Å²) in [7, 11) is 0. The van der Waals surface area contributed by atoms with Crippen LogP contribution in [-0.2, 0) is 9.53 Å². The molecular formula is C51H100O2. The van der Waals surface area contributed by atoms with Crippen molar-refractivity contribution in [2.24, 2.45) is 0 Å². The summed E-state index contributed by atoms with van der Waals surface area (Å²) in [6.07, 6.45) is 66.6. The second kappa shape index (κ2) is 49.2. The van der Waals surface area contributed by atoms with Gasteiger partial charge in [-0.15, -0.1) is 0 Å². The van der Waals surface area contributed by atoms with Crippen LogP contribution in [0, 0.1) is 0 Å². The number of esters is 1. The summed E-state index contributed by atoms with van der Waals surface area (Å²) >= 11 is 0. The van der Waals surface area contributed by atoms with Gasteiger partial charge in [-0.25, -0.2) is 0 Å². The van der Waals surface area contributed by atoms with Crippen molar-refractivity contribution in [3.05, 3.63) is 12.2 Å². The Morgan fingerprint density at radius 2 is 0.547 bits per heavy atom. The molecule has 0 aliphatic rings. The fourth-order valence-corrected chi connectivity index (χ4v) is 7.89. The van der Waals surface area contributed by atoms with Crippen molar-refractivity contribution in [1.82, 2.24) is 0 Å². The third-order valence-corrected chi connectivity index (χ3v) is 11.7. The van der Waals surface area contributed by atoms with Gasteiger partial charge in [0.15, 0.2) is 0 Å². The highest BCUT2D eigenvalue weighted by Gasteiger charge is 2.03. The van der Waals surface area contributed by atoms with Crippen molar-refractivity contribution < 1.29 is 9.53 Å². The predicted molar refractivity (Wildman–Crippen MR) is 239 cm³/mol. The van der Waals surface area contributed by atoms with Crippen LogP contribution in [0.5, 0.6) is 0 Å². The van der Waals surface area contributed by atoms with Gasteiger partial charge in [0.05, 0.1) is 6.61 Å². The zero-order valence-corrected chi connectivity index (χ0v) is 37.0. The molecule has 0 atom stereocenters. The van der Waals surface area contributed by atoms with E-state index in [0.717, 1.165) is 19.3 Å². The van der Waals surface area contributed by atoms with Crippen molar-refractivity contribution in [3.63, 3.8) is 0 Å². The highest BCUT2D eigenvalue weighted by atomic mass is 16.5. The van der Waals surface area contributed by atoms with Gasteiger partial charge in [-0.05, 0) is 32.1 Å². The van der Waals surface area contributed by atoms with E-state index in [-0.39, 0.29) is 5.97 Å². The molecule has 0 radical (unpaired) electrons. The molecule has 0 aromatic heterocycles. The molecule has 0 aliphatic carbocycles. The fraction of sp³-hybridized carbons (Fsp3) is 0.941. The van der Waals surface area contributed by atoms with E-state index in [9.17, 15) is 4.79 Å². The van der Waals surface area contributed by atoms with Crippen LogP contribution in [0.15, 0.2) is 12.2 Å². The van der Waals surface area contributed by atoms with Crippen LogP contribution >= 0.6 is 0 Å². The van der Waals surface area contributed by atoms with Crippen molar-refractivity contribution in [1.29, 1.82) is 0 Å². The number of rotatable bonds is 47. The molecule has 316 valence electrons. The Morgan fingerprint density at radius 1 is 0.302 bits per heavy atom. The Labute approximate surface area is 336 Å². The maximum absolute atomic E-state index is 12.0. The van der Waals surface area contributed by atoms with Crippen LogP contribution in [0.4, 0.5) is 0 Å². The first-order chi connectivity index (χ1) is 26.3. The topological polar surface area (TPSA) is 26.3 Å². The predicted octanol–water partition coefficient (Wildman–Crippen LogP) is 18.7. The summed E-state index contributed by atoms with van der Waals surface area (Å²) in [5, 5.41) is 0. The highest BCUT2D eigenvalue weighted by Crippen LogP contribution is 2.17. The van der Waals surface area contributed by atoms with E-state index in [1.54, 1.807) is 0 Å². The summed E-state index contributed by atoms with van der Waals surface area (Å²) in [6, 6.07) is 0. The van der Waals surface area contributed by atoms with Crippen LogP contribution in [0.1, 0.15) is 303 Å². The minimum Gasteiger partial charge on any atom is -0.466 e. The lowest BCUT2D eigenvalue weighted by molar-refractivity contribution is -0.143. The number of ether oxygens (including phenoxy) is 1. The lowest BCUT2D eigenvalue weighted by Gasteiger charge is -2.06. The Morgan fingerprint density at radius 3 is 0.868 bits per heavy atom. The molecule has 0 aliphatic heterocycles. The van der Waals surface area contributed by atoms with E-state index in [4.69, 9.17) is 4.74 Å². The Bertz CT molecular complexity index is 684. The van der Waals surface area contributed by atoms with Crippen molar-refractivity contribution in [2.45, 2.75) is 303 Å². The normalized spacial score (nSPS) is 11.7. The zero-order valence-electron chi connectivity index (χ0n) is 37.0. The van der Waals surface area contributed by atoms with E-state index < -0.39 is 0 Å². The minimum absolute atomic E-state index is 0.0185. The van der Waals surface area contributed by atoms with Gasteiger partial charge in [-0.2, -0.15) is 0 Å². The molecule has 2 nitrogen and oxygen atoms in total. The Kier molecular flexibility index (Phi) is 48.5. The molecule has 0 heterocycles. The molecule has 0 N–H and O–H groups in total. The largest absolute Gasteiger partial charge is 0.466 e. The molecule has 0 fully saturated rings. The van der Waals surface area contributed by atoms with Gasteiger partial charge in [0.1, 0.15) is 0 Å². The number of carbonyl (C=O) groups is 1. The second-order valence-corrected chi connectivity index (χ2v) is 17.2. The first-order valence-electron chi connectivity index (χ1n) is 25.1. The van der Waals surface area contributed by atoms with E-state index in [1.807, 2.05) is 0 Å². The highest BCUT2D eigenvalue weighted by molar-refractivity contribution is 5.69. The molecular weight excluding hydrogens is 645 g/mol. The molecule has 0 bridgehead atoms. The summed E-state index contributed by atoms with van der Waals surface area (Å²) in [5.41, 5.74) is 0. The van der Waals surface area contributed by atoms with Crippen molar-refractivity contribution in [2.75, 3.05) is 6.61 Å². The monoisotopic (exact) mass is 745 g/mol. The first kappa shape index (κ1) is 52.2. The molecule has 2 heteroatoms. The molecule has 0 rings (SSSR count). The van der Waals surface area contributed by atoms with E-state index in [0.29, 0.717) is 13.0 Å². The van der Waals surface area contributed by atoms with Gasteiger partial charge in [-0.3, -0.25) is 4.79 Å². The molecule has 0 saturated heterocycles. The lowest BCUT2D eigenvalue weighted by atomic mass is 10.0. The summed E-state index contributed by atoms with van der Waals surface area (Å²) in [4.78, 5) is 12.0. The summed E-state index contributed by atoms with van der Waals surface area (Å²) < 4.78 is 5.46. The molecule has 0 amide bonds. The van der Waals surface area contributed by atoms with Crippen LogP contribution < -0.4 is 0 Å². The quantitative estimate of drug-likeness (QED) is 0.0352. The van der Waals surface area contributed by atoms with Gasteiger partial charge in [-0.1, -0.05) is 276 Å². The second-order valence-electron chi connectivity index (χ2n) is 17.2. The SMILES string of the molecule is CCCC/C=C\CCCCCCCC(=O)OCCCCCCCCCCCCCCCCCCCCCCCCCCCCCCCCCCCCC. The minimum atomic E-state index is 0.0185. The van der Waals surface area contributed by atoms with Gasteiger partial charge < -0.3 is 4.74 Å². The molecule has 53 heavy (non-hydrogen) atoms. The zero-order chi connectivity index (χ0) is 38.2. The molecule has 0 aromatic rings. The summed E-state index contributed by atoms with van der Waals surface area (Å²) in [6.45, 7) is 5.18. The number of unbranched alkanes of at least 4 members (excludes halogenated alkanes) is 41. The maximum atomic E-state index is 12.0. The van der Waals surface area contributed by atoms with E-state index >= 15 is 0 Å². The molecule has 0 aromatic carbocycles. The molecule has 0 saturated carbocycles. The van der Waals surface area contributed by atoms with Crippen LogP contribution in [0.25, 0.3) is 0 Å². The number of allylic oxidation sites excluding steroid dienone is 2. The Balaban J connectivity index is 3.12. The smallest absolute Gasteiger partial charge is 0.305 e. The number of hydrogen-bond acceptors (Lipinski definition) is 2. The molecule has 0 spiro atoms. The average Bonchev–Trinajstić information content (AvgIpc) is 3.16. The van der Waals surface area contributed by atoms with Crippen LogP contribution in [-0.4, -0.2) is 12.6 Å².